The number of carbonyl (C=O) groups excluding carboxylic acids is 2. The van der Waals surface area contributed by atoms with Crippen LogP contribution in [-0.4, -0.2) is 36.1 Å². The number of nitrogens with zero attached hydrogens (tertiary/aromatic N) is 1. The summed E-state index contributed by atoms with van der Waals surface area (Å²) in [6.45, 7) is 1.88. The van der Waals surface area contributed by atoms with E-state index in [2.05, 4.69) is 0 Å². The van der Waals surface area contributed by atoms with Gasteiger partial charge in [0.25, 0.3) is 11.7 Å². The molecule has 1 atom stereocenters. The summed E-state index contributed by atoms with van der Waals surface area (Å²) in [5.74, 6) is -1.89. The molecule has 0 bridgehead atoms. The lowest BCUT2D eigenvalue weighted by atomic mass is 9.94. The number of hydrogen-bond donors (Lipinski definition) is 2. The van der Waals surface area contributed by atoms with Crippen LogP contribution in [-0.2, 0) is 9.59 Å². The molecule has 0 aromatic heterocycles. The fourth-order valence-corrected chi connectivity index (χ4v) is 4.34. The third kappa shape index (κ3) is 3.84. The van der Waals surface area contributed by atoms with E-state index in [0.29, 0.717) is 11.3 Å². The standard InChI is InChI=1S/C26H22ClNO6/c1-14-7-6-8-15(11-14)23-22(24(30)16-12-17(27)21(34-3)13-20(16)33-2)25(31)26(32)28(23)18-9-4-5-10-19(18)29/h4-13,23,29-30H,1-3H3/b24-22+. The number of phenols is 1. The lowest BCUT2D eigenvalue weighted by Crippen LogP contribution is -2.29. The molecule has 0 radical (unpaired) electrons. The molecule has 1 heterocycles. The molecule has 3 aromatic carbocycles. The van der Waals surface area contributed by atoms with E-state index in [0.717, 1.165) is 5.56 Å². The highest BCUT2D eigenvalue weighted by Crippen LogP contribution is 2.46. The average molecular weight is 480 g/mol. The molecule has 8 heteroatoms. The Hall–Kier alpha value is -3.97. The lowest BCUT2D eigenvalue weighted by Gasteiger charge is -2.26. The van der Waals surface area contributed by atoms with E-state index in [-0.39, 0.29) is 33.3 Å². The van der Waals surface area contributed by atoms with Crippen LogP contribution in [0.1, 0.15) is 22.7 Å². The minimum absolute atomic E-state index is 0.126. The van der Waals surface area contributed by atoms with Gasteiger partial charge < -0.3 is 19.7 Å². The van der Waals surface area contributed by atoms with Gasteiger partial charge >= 0.3 is 0 Å². The normalized spacial score (nSPS) is 17.2. The molecule has 1 amide bonds. The molecule has 2 N–H and O–H groups in total. The number of ketones is 1. The molecule has 0 aliphatic carbocycles. The SMILES string of the molecule is COc1cc(OC)c(/C(O)=C2\C(=O)C(=O)N(c3ccccc3O)C2c2cccc(C)c2)cc1Cl. The molecule has 1 aliphatic heterocycles. The largest absolute Gasteiger partial charge is 0.507 e. The van der Waals surface area contributed by atoms with Gasteiger partial charge in [-0.2, -0.15) is 0 Å². The van der Waals surface area contributed by atoms with Crippen molar-refractivity contribution in [1.29, 1.82) is 0 Å². The smallest absolute Gasteiger partial charge is 0.300 e. The Morgan fingerprint density at radius 1 is 0.971 bits per heavy atom. The van der Waals surface area contributed by atoms with Gasteiger partial charge in [-0.1, -0.05) is 53.6 Å². The van der Waals surface area contributed by atoms with Crippen molar-refractivity contribution in [3.63, 3.8) is 0 Å². The van der Waals surface area contributed by atoms with Crippen LogP contribution in [0, 0.1) is 6.92 Å². The van der Waals surface area contributed by atoms with Gasteiger partial charge in [-0.05, 0) is 30.7 Å². The van der Waals surface area contributed by atoms with E-state index in [1.807, 2.05) is 19.1 Å². The van der Waals surface area contributed by atoms with Crippen LogP contribution in [0.15, 0.2) is 66.2 Å². The van der Waals surface area contributed by atoms with E-state index in [1.54, 1.807) is 24.3 Å². The topological polar surface area (TPSA) is 96.3 Å². The van der Waals surface area contributed by atoms with Gasteiger partial charge in [-0.3, -0.25) is 14.5 Å². The highest BCUT2D eigenvalue weighted by molar-refractivity contribution is 6.52. The minimum Gasteiger partial charge on any atom is -0.507 e. The molecule has 1 aliphatic rings. The van der Waals surface area contributed by atoms with E-state index >= 15 is 0 Å². The predicted molar refractivity (Wildman–Crippen MR) is 129 cm³/mol. The highest BCUT2D eigenvalue weighted by atomic mass is 35.5. The number of aromatic hydroxyl groups is 1. The molecule has 4 rings (SSSR count). The molecule has 34 heavy (non-hydrogen) atoms. The third-order valence-electron chi connectivity index (χ3n) is 5.67. The molecule has 1 unspecified atom stereocenters. The molecule has 3 aromatic rings. The van der Waals surface area contributed by atoms with Crippen molar-refractivity contribution in [3.8, 4) is 17.2 Å². The zero-order valence-corrected chi connectivity index (χ0v) is 19.5. The second-order valence-electron chi connectivity index (χ2n) is 7.76. The van der Waals surface area contributed by atoms with Gasteiger partial charge in [0.05, 0.1) is 42.1 Å². The van der Waals surface area contributed by atoms with Gasteiger partial charge in [0, 0.05) is 6.07 Å². The molecule has 174 valence electrons. The van der Waals surface area contributed by atoms with Crippen LogP contribution in [0.5, 0.6) is 17.2 Å². The summed E-state index contributed by atoms with van der Waals surface area (Å²) in [7, 11) is 2.84. The van der Waals surface area contributed by atoms with E-state index in [9.17, 15) is 19.8 Å². The highest BCUT2D eigenvalue weighted by Gasteiger charge is 2.48. The number of aliphatic hydroxyl groups excluding tert-OH is 1. The van der Waals surface area contributed by atoms with Crippen LogP contribution >= 0.6 is 11.6 Å². The number of anilines is 1. The summed E-state index contributed by atoms with van der Waals surface area (Å²) >= 11 is 6.28. The monoisotopic (exact) mass is 479 g/mol. The number of phenolic OH excluding ortho intramolecular Hbond substituents is 1. The van der Waals surface area contributed by atoms with Crippen molar-refractivity contribution < 1.29 is 29.3 Å². The fraction of sp³-hybridized carbons (Fsp3) is 0.154. The van der Waals surface area contributed by atoms with E-state index < -0.39 is 23.5 Å². The first-order chi connectivity index (χ1) is 16.3. The average Bonchev–Trinajstić information content (AvgIpc) is 3.09. The summed E-state index contributed by atoms with van der Waals surface area (Å²) in [6.07, 6.45) is 0. The van der Waals surface area contributed by atoms with Crippen molar-refractivity contribution in [2.24, 2.45) is 0 Å². The molecular formula is C26H22ClNO6. The fourth-order valence-electron chi connectivity index (χ4n) is 4.09. The first-order valence-corrected chi connectivity index (χ1v) is 10.7. The Kier molecular flexibility index (Phi) is 6.22. The number of ether oxygens (including phenoxy) is 2. The van der Waals surface area contributed by atoms with Crippen LogP contribution in [0.3, 0.4) is 0 Å². The van der Waals surface area contributed by atoms with Crippen molar-refractivity contribution in [2.75, 3.05) is 19.1 Å². The van der Waals surface area contributed by atoms with Gasteiger partial charge in [-0.15, -0.1) is 0 Å². The second-order valence-corrected chi connectivity index (χ2v) is 8.17. The molecular weight excluding hydrogens is 458 g/mol. The van der Waals surface area contributed by atoms with E-state index in [1.165, 1.54) is 43.4 Å². The Bertz CT molecular complexity index is 1330. The van der Waals surface area contributed by atoms with Crippen LogP contribution in [0.25, 0.3) is 5.76 Å². The summed E-state index contributed by atoms with van der Waals surface area (Å²) in [5.41, 5.74) is 1.60. The maximum Gasteiger partial charge on any atom is 0.300 e. The first-order valence-electron chi connectivity index (χ1n) is 10.4. The number of aliphatic hydroxyl groups is 1. The maximum absolute atomic E-state index is 13.3. The summed E-state index contributed by atoms with van der Waals surface area (Å²) in [6, 6.07) is 15.4. The number of para-hydroxylation sites is 2. The van der Waals surface area contributed by atoms with Gasteiger partial charge in [0.1, 0.15) is 23.0 Å². The van der Waals surface area contributed by atoms with Crippen molar-refractivity contribution in [3.05, 3.63) is 87.9 Å². The Balaban J connectivity index is 2.02. The van der Waals surface area contributed by atoms with Crippen molar-refractivity contribution in [1.82, 2.24) is 0 Å². The number of amides is 1. The second kappa shape index (κ2) is 9.11. The first kappa shape index (κ1) is 23.2. The Morgan fingerprint density at radius 3 is 2.32 bits per heavy atom. The number of rotatable bonds is 5. The Morgan fingerprint density at radius 2 is 1.68 bits per heavy atom. The molecule has 1 saturated heterocycles. The summed E-state index contributed by atoms with van der Waals surface area (Å²) in [4.78, 5) is 27.7. The zero-order chi connectivity index (χ0) is 24.6. The summed E-state index contributed by atoms with van der Waals surface area (Å²) < 4.78 is 10.6. The van der Waals surface area contributed by atoms with Crippen molar-refractivity contribution >= 4 is 34.7 Å². The number of methoxy groups -OCH3 is 2. The quantitative estimate of drug-likeness (QED) is 0.304. The van der Waals surface area contributed by atoms with Gasteiger partial charge in [-0.25, -0.2) is 0 Å². The molecule has 7 nitrogen and oxygen atoms in total. The van der Waals surface area contributed by atoms with E-state index in [4.69, 9.17) is 21.1 Å². The lowest BCUT2D eigenvalue weighted by molar-refractivity contribution is -0.132. The third-order valence-corrected chi connectivity index (χ3v) is 5.97. The number of carbonyl (C=O) groups is 2. The number of benzene rings is 3. The van der Waals surface area contributed by atoms with Gasteiger partial charge in [0.2, 0.25) is 0 Å². The van der Waals surface area contributed by atoms with Crippen LogP contribution in [0.4, 0.5) is 5.69 Å². The molecule has 0 spiro atoms. The van der Waals surface area contributed by atoms with Crippen LogP contribution in [0.2, 0.25) is 5.02 Å². The van der Waals surface area contributed by atoms with Crippen LogP contribution < -0.4 is 14.4 Å². The maximum atomic E-state index is 13.3. The number of aryl methyl sites for hydroxylation is 1. The molecule has 0 saturated carbocycles. The zero-order valence-electron chi connectivity index (χ0n) is 18.7. The summed E-state index contributed by atoms with van der Waals surface area (Å²) in [5, 5.41) is 22.0. The number of Topliss-reactive ketones (excluding diaryl/α,β-unsaturated/α-hetero) is 1. The predicted octanol–water partition coefficient (Wildman–Crippen LogP) is 5.00. The number of hydrogen-bond acceptors (Lipinski definition) is 6. The van der Waals surface area contributed by atoms with Crippen molar-refractivity contribution in [2.45, 2.75) is 13.0 Å². The Labute approximate surface area is 201 Å². The van der Waals surface area contributed by atoms with Gasteiger partial charge in [0.15, 0.2) is 0 Å². The molecule has 1 fully saturated rings. The number of halogens is 1. The minimum atomic E-state index is -1.00.